The summed E-state index contributed by atoms with van der Waals surface area (Å²) in [5.74, 6) is 0.755. The molecule has 4 rings (SSSR count). The lowest BCUT2D eigenvalue weighted by molar-refractivity contribution is -0.122. The van der Waals surface area contributed by atoms with E-state index in [9.17, 15) is 4.79 Å². The molecular weight excluding hydrogens is 398 g/mol. The van der Waals surface area contributed by atoms with E-state index in [2.05, 4.69) is 6.08 Å². The second-order valence-electron chi connectivity index (χ2n) is 6.30. The predicted octanol–water partition coefficient (Wildman–Crippen LogP) is 5.45. The molecule has 1 saturated heterocycles. The average molecular weight is 414 g/mol. The Bertz CT molecular complexity index is 999. The number of carbonyl (C=O) groups excluding carboxylic acids is 1. The third kappa shape index (κ3) is 3.68. The molecule has 1 amide bonds. The van der Waals surface area contributed by atoms with Crippen molar-refractivity contribution in [3.8, 4) is 5.75 Å². The second kappa shape index (κ2) is 7.50. The molecule has 2 aliphatic heterocycles. The van der Waals surface area contributed by atoms with Crippen molar-refractivity contribution in [1.29, 1.82) is 0 Å². The van der Waals surface area contributed by atoms with Crippen molar-refractivity contribution in [2.75, 3.05) is 0 Å². The SMILES string of the molecule is CC1Oc2ccccc2C=C1C=C1SC(=S)N(Cc2ccccc2Cl)C1=O. The molecule has 2 aliphatic rings. The van der Waals surface area contributed by atoms with Crippen molar-refractivity contribution in [2.45, 2.75) is 19.6 Å². The molecule has 0 N–H and O–H groups in total. The van der Waals surface area contributed by atoms with Gasteiger partial charge in [-0.1, -0.05) is 72.0 Å². The van der Waals surface area contributed by atoms with Gasteiger partial charge < -0.3 is 4.74 Å². The van der Waals surface area contributed by atoms with Gasteiger partial charge in [0.1, 0.15) is 16.2 Å². The summed E-state index contributed by atoms with van der Waals surface area (Å²) in [6.45, 7) is 2.35. The quantitative estimate of drug-likeness (QED) is 0.494. The molecule has 3 nitrogen and oxygen atoms in total. The second-order valence-corrected chi connectivity index (χ2v) is 8.38. The highest BCUT2D eigenvalue weighted by Gasteiger charge is 2.33. The van der Waals surface area contributed by atoms with Crippen LogP contribution < -0.4 is 4.74 Å². The number of thioether (sulfide) groups is 1. The maximum Gasteiger partial charge on any atom is 0.266 e. The Morgan fingerprint density at radius 1 is 1.22 bits per heavy atom. The number of fused-ring (bicyclic) bond motifs is 1. The van der Waals surface area contributed by atoms with Gasteiger partial charge in [-0.2, -0.15) is 0 Å². The molecule has 136 valence electrons. The third-order valence-electron chi connectivity index (χ3n) is 4.47. The van der Waals surface area contributed by atoms with Crippen LogP contribution in [-0.4, -0.2) is 21.2 Å². The molecular formula is C21H16ClNO2S2. The third-order valence-corrected chi connectivity index (χ3v) is 6.22. The summed E-state index contributed by atoms with van der Waals surface area (Å²) in [6.07, 6.45) is 3.81. The molecule has 0 aliphatic carbocycles. The molecule has 0 saturated carbocycles. The van der Waals surface area contributed by atoms with Crippen molar-refractivity contribution in [2.24, 2.45) is 0 Å². The largest absolute Gasteiger partial charge is 0.485 e. The van der Waals surface area contributed by atoms with Crippen LogP contribution in [0.5, 0.6) is 5.75 Å². The standard InChI is InChI=1S/C21H16ClNO2S2/c1-13-16(10-14-6-3-5-9-18(14)25-13)11-19-20(24)23(21(26)27-19)12-15-7-2-4-8-17(15)22/h2-11,13H,12H2,1H3. The number of rotatable bonds is 3. The lowest BCUT2D eigenvalue weighted by Gasteiger charge is -2.23. The highest BCUT2D eigenvalue weighted by atomic mass is 35.5. The van der Waals surface area contributed by atoms with Crippen LogP contribution in [0.3, 0.4) is 0 Å². The van der Waals surface area contributed by atoms with Crippen molar-refractivity contribution >= 4 is 51.9 Å². The van der Waals surface area contributed by atoms with Crippen molar-refractivity contribution < 1.29 is 9.53 Å². The number of carbonyl (C=O) groups is 1. The van der Waals surface area contributed by atoms with E-state index in [4.69, 9.17) is 28.6 Å². The minimum absolute atomic E-state index is 0.100. The molecule has 27 heavy (non-hydrogen) atoms. The van der Waals surface area contributed by atoms with Gasteiger partial charge in [0.15, 0.2) is 0 Å². The highest BCUT2D eigenvalue weighted by Crippen LogP contribution is 2.36. The molecule has 0 radical (unpaired) electrons. The lowest BCUT2D eigenvalue weighted by atomic mass is 10.0. The van der Waals surface area contributed by atoms with Crippen LogP contribution in [0.15, 0.2) is 65.1 Å². The monoisotopic (exact) mass is 413 g/mol. The van der Waals surface area contributed by atoms with Gasteiger partial charge in [-0.05, 0) is 42.3 Å². The summed E-state index contributed by atoms with van der Waals surface area (Å²) < 4.78 is 6.50. The lowest BCUT2D eigenvalue weighted by Crippen LogP contribution is -2.27. The van der Waals surface area contributed by atoms with Crippen molar-refractivity contribution in [3.63, 3.8) is 0 Å². The predicted molar refractivity (Wildman–Crippen MR) is 115 cm³/mol. The maximum atomic E-state index is 12.9. The van der Waals surface area contributed by atoms with E-state index in [1.807, 2.05) is 61.5 Å². The molecule has 1 unspecified atom stereocenters. The molecule has 6 heteroatoms. The van der Waals surface area contributed by atoms with Crippen molar-refractivity contribution in [3.05, 3.63) is 81.2 Å². The zero-order valence-electron chi connectivity index (χ0n) is 14.5. The summed E-state index contributed by atoms with van der Waals surface area (Å²) in [5, 5.41) is 0.629. The molecule has 2 heterocycles. The average Bonchev–Trinajstić information content (AvgIpc) is 2.91. The fourth-order valence-electron chi connectivity index (χ4n) is 3.01. The summed E-state index contributed by atoms with van der Waals surface area (Å²) in [7, 11) is 0. The number of hydrogen-bond donors (Lipinski definition) is 0. The highest BCUT2D eigenvalue weighted by molar-refractivity contribution is 8.26. The van der Waals surface area contributed by atoms with E-state index in [0.29, 0.717) is 20.8 Å². The van der Waals surface area contributed by atoms with Gasteiger partial charge in [0, 0.05) is 10.6 Å². The normalized spacial score (nSPS) is 20.5. The number of nitrogens with zero attached hydrogens (tertiary/aromatic N) is 1. The van der Waals surface area contributed by atoms with Gasteiger partial charge in [-0.15, -0.1) is 0 Å². The molecule has 0 bridgehead atoms. The fraction of sp³-hybridized carbons (Fsp3) is 0.143. The van der Waals surface area contributed by atoms with E-state index in [-0.39, 0.29) is 12.0 Å². The maximum absolute atomic E-state index is 12.9. The Balaban J connectivity index is 1.60. The van der Waals surface area contributed by atoms with E-state index in [1.54, 1.807) is 4.90 Å². The minimum atomic E-state index is -0.132. The Morgan fingerprint density at radius 3 is 2.78 bits per heavy atom. The van der Waals surface area contributed by atoms with E-state index in [0.717, 1.165) is 22.4 Å². The molecule has 1 fully saturated rings. The Morgan fingerprint density at radius 2 is 1.96 bits per heavy atom. The van der Waals surface area contributed by atoms with Crippen LogP contribution in [-0.2, 0) is 11.3 Å². The summed E-state index contributed by atoms with van der Waals surface area (Å²) in [5.41, 5.74) is 2.83. The summed E-state index contributed by atoms with van der Waals surface area (Å²) in [4.78, 5) is 15.1. The van der Waals surface area contributed by atoms with Crippen LogP contribution in [0.2, 0.25) is 5.02 Å². The molecule has 0 aromatic heterocycles. The van der Waals surface area contributed by atoms with Crippen LogP contribution in [0.4, 0.5) is 0 Å². The van der Waals surface area contributed by atoms with Crippen molar-refractivity contribution in [1.82, 2.24) is 4.90 Å². The number of hydrogen-bond acceptors (Lipinski definition) is 4. The Labute approximate surface area is 172 Å². The van der Waals surface area contributed by atoms with E-state index >= 15 is 0 Å². The van der Waals surface area contributed by atoms with Crippen LogP contribution in [0.1, 0.15) is 18.1 Å². The first-order chi connectivity index (χ1) is 13.0. The van der Waals surface area contributed by atoms with Crippen LogP contribution in [0, 0.1) is 0 Å². The number of halogens is 1. The minimum Gasteiger partial charge on any atom is -0.485 e. The van der Waals surface area contributed by atoms with Crippen LogP contribution >= 0.6 is 35.6 Å². The van der Waals surface area contributed by atoms with Gasteiger partial charge in [0.2, 0.25) is 0 Å². The molecule has 0 spiro atoms. The van der Waals surface area contributed by atoms with Gasteiger partial charge in [-0.25, -0.2) is 0 Å². The number of para-hydroxylation sites is 1. The van der Waals surface area contributed by atoms with Gasteiger partial charge in [0.25, 0.3) is 5.91 Å². The zero-order chi connectivity index (χ0) is 19.0. The van der Waals surface area contributed by atoms with Crippen LogP contribution in [0.25, 0.3) is 6.08 Å². The Kier molecular flexibility index (Phi) is 5.08. The first-order valence-corrected chi connectivity index (χ1v) is 10.1. The number of ether oxygens (including phenoxy) is 1. The number of amides is 1. The zero-order valence-corrected chi connectivity index (χ0v) is 16.9. The van der Waals surface area contributed by atoms with E-state index in [1.165, 1.54) is 11.8 Å². The fourth-order valence-corrected chi connectivity index (χ4v) is 4.46. The Hall–Kier alpha value is -2.08. The van der Waals surface area contributed by atoms with E-state index < -0.39 is 0 Å². The summed E-state index contributed by atoms with van der Waals surface area (Å²) >= 11 is 13.0. The summed E-state index contributed by atoms with van der Waals surface area (Å²) in [6, 6.07) is 15.3. The van der Waals surface area contributed by atoms with Gasteiger partial charge in [0.05, 0.1) is 11.4 Å². The smallest absolute Gasteiger partial charge is 0.266 e. The van der Waals surface area contributed by atoms with Gasteiger partial charge >= 0.3 is 0 Å². The first kappa shape index (κ1) is 18.3. The first-order valence-electron chi connectivity index (χ1n) is 8.49. The molecule has 2 aromatic carbocycles. The topological polar surface area (TPSA) is 29.5 Å². The number of thiocarbonyl (C=S) groups is 1. The molecule has 1 atom stereocenters. The molecule has 2 aromatic rings. The van der Waals surface area contributed by atoms with Gasteiger partial charge in [-0.3, -0.25) is 9.69 Å². The number of benzene rings is 2.